The Hall–Kier alpha value is -0.830. The van der Waals surface area contributed by atoms with Crippen molar-refractivity contribution in [3.63, 3.8) is 0 Å². The average Bonchev–Trinajstić information content (AvgIpc) is 2.61. The summed E-state index contributed by atoms with van der Waals surface area (Å²) in [5.41, 5.74) is 1.22. The number of hydrogen-bond donors (Lipinski definition) is 1. The first kappa shape index (κ1) is 11.2. The summed E-state index contributed by atoms with van der Waals surface area (Å²) < 4.78 is 1.92. The van der Waals surface area contributed by atoms with Crippen LogP contribution in [0.25, 0.3) is 0 Å². The van der Waals surface area contributed by atoms with E-state index in [1.54, 1.807) is 0 Å². The fourth-order valence-corrected chi connectivity index (χ4v) is 1.50. The molecule has 1 N–H and O–H groups in total. The van der Waals surface area contributed by atoms with Crippen molar-refractivity contribution in [2.24, 2.45) is 11.8 Å². The highest BCUT2D eigenvalue weighted by atomic mass is 16.3. The van der Waals surface area contributed by atoms with Crippen LogP contribution in [-0.2, 0) is 13.0 Å². The highest BCUT2D eigenvalue weighted by Gasteiger charge is 2.13. The van der Waals surface area contributed by atoms with Crippen molar-refractivity contribution in [1.82, 2.24) is 9.78 Å². The van der Waals surface area contributed by atoms with Crippen LogP contribution in [0, 0.1) is 11.8 Å². The lowest BCUT2D eigenvalue weighted by Crippen LogP contribution is -2.15. The summed E-state index contributed by atoms with van der Waals surface area (Å²) in [6, 6.07) is 0. The number of aryl methyl sites for hydroxylation is 1. The van der Waals surface area contributed by atoms with Crippen LogP contribution < -0.4 is 0 Å². The van der Waals surface area contributed by atoms with E-state index in [1.807, 2.05) is 10.9 Å². The summed E-state index contributed by atoms with van der Waals surface area (Å²) in [7, 11) is 0. The van der Waals surface area contributed by atoms with Gasteiger partial charge in [-0.2, -0.15) is 5.10 Å². The third kappa shape index (κ3) is 2.84. The molecule has 0 radical (unpaired) electrons. The molecule has 14 heavy (non-hydrogen) atoms. The van der Waals surface area contributed by atoms with E-state index < -0.39 is 0 Å². The summed E-state index contributed by atoms with van der Waals surface area (Å²) in [6.45, 7) is 7.53. The monoisotopic (exact) mass is 196 g/mol. The molecule has 1 aromatic rings. The first-order valence-electron chi connectivity index (χ1n) is 5.29. The molecule has 0 bridgehead atoms. The van der Waals surface area contributed by atoms with Crippen molar-refractivity contribution in [2.45, 2.75) is 33.7 Å². The first-order chi connectivity index (χ1) is 6.67. The molecule has 1 heterocycles. The Morgan fingerprint density at radius 1 is 1.50 bits per heavy atom. The maximum Gasteiger partial charge on any atom is 0.0521 e. The minimum absolute atomic E-state index is 0.259. The number of hydrogen-bond acceptors (Lipinski definition) is 2. The first-order valence-corrected chi connectivity index (χ1v) is 5.29. The predicted molar refractivity (Wildman–Crippen MR) is 57.0 cm³/mol. The Labute approximate surface area is 85.8 Å². The highest BCUT2D eigenvalue weighted by Crippen LogP contribution is 2.16. The highest BCUT2D eigenvalue weighted by molar-refractivity contribution is 5.05. The molecule has 0 spiro atoms. The van der Waals surface area contributed by atoms with E-state index in [4.69, 9.17) is 0 Å². The van der Waals surface area contributed by atoms with Gasteiger partial charge < -0.3 is 5.11 Å². The summed E-state index contributed by atoms with van der Waals surface area (Å²) in [5, 5.41) is 13.4. The van der Waals surface area contributed by atoms with Gasteiger partial charge in [-0.25, -0.2) is 0 Å². The molecule has 80 valence electrons. The molecule has 0 aromatic carbocycles. The summed E-state index contributed by atoms with van der Waals surface area (Å²) in [5.74, 6) is 0.870. The lowest BCUT2D eigenvalue weighted by molar-refractivity contribution is 0.189. The molecule has 3 nitrogen and oxygen atoms in total. The summed E-state index contributed by atoms with van der Waals surface area (Å²) >= 11 is 0. The van der Waals surface area contributed by atoms with Crippen molar-refractivity contribution in [2.75, 3.05) is 6.61 Å². The lowest BCUT2D eigenvalue weighted by atomic mass is 9.91. The smallest absolute Gasteiger partial charge is 0.0521 e. The fraction of sp³-hybridized carbons (Fsp3) is 0.727. The zero-order valence-corrected chi connectivity index (χ0v) is 9.27. The fourth-order valence-electron chi connectivity index (χ4n) is 1.50. The number of aliphatic hydroxyl groups excluding tert-OH is 1. The molecule has 1 unspecified atom stereocenters. The molecule has 0 saturated heterocycles. The van der Waals surface area contributed by atoms with Crippen molar-refractivity contribution < 1.29 is 5.11 Å². The van der Waals surface area contributed by atoms with Gasteiger partial charge in [0.1, 0.15) is 0 Å². The van der Waals surface area contributed by atoms with Gasteiger partial charge in [-0.1, -0.05) is 13.8 Å². The van der Waals surface area contributed by atoms with E-state index in [-0.39, 0.29) is 6.61 Å². The van der Waals surface area contributed by atoms with Gasteiger partial charge in [-0.15, -0.1) is 0 Å². The van der Waals surface area contributed by atoms with Crippen LogP contribution in [0.4, 0.5) is 0 Å². The second kappa shape index (κ2) is 5.15. The van der Waals surface area contributed by atoms with Crippen molar-refractivity contribution in [1.29, 1.82) is 0 Å². The average molecular weight is 196 g/mol. The maximum atomic E-state index is 9.19. The molecule has 1 rings (SSSR count). The van der Waals surface area contributed by atoms with Crippen molar-refractivity contribution in [3.8, 4) is 0 Å². The zero-order chi connectivity index (χ0) is 10.6. The Morgan fingerprint density at radius 3 is 2.64 bits per heavy atom. The summed E-state index contributed by atoms with van der Waals surface area (Å²) in [6.07, 6.45) is 4.88. The molecule has 1 atom stereocenters. The van der Waals surface area contributed by atoms with Crippen LogP contribution in [0.3, 0.4) is 0 Å². The van der Waals surface area contributed by atoms with Gasteiger partial charge in [0.05, 0.1) is 6.20 Å². The van der Waals surface area contributed by atoms with Crippen LogP contribution in [-0.4, -0.2) is 21.5 Å². The number of aliphatic hydroxyl groups is 1. The molecular weight excluding hydrogens is 176 g/mol. The van der Waals surface area contributed by atoms with E-state index in [0.29, 0.717) is 11.8 Å². The van der Waals surface area contributed by atoms with Gasteiger partial charge in [-0.3, -0.25) is 4.68 Å². The van der Waals surface area contributed by atoms with Gasteiger partial charge in [0.25, 0.3) is 0 Å². The molecular formula is C11H20N2O. The third-order valence-electron chi connectivity index (χ3n) is 2.69. The normalized spacial score (nSPS) is 13.5. The number of aromatic nitrogens is 2. The van der Waals surface area contributed by atoms with Crippen LogP contribution >= 0.6 is 0 Å². The van der Waals surface area contributed by atoms with Crippen LogP contribution in [0.15, 0.2) is 12.4 Å². The molecule has 0 aliphatic carbocycles. The van der Waals surface area contributed by atoms with Crippen LogP contribution in [0.2, 0.25) is 0 Å². The lowest BCUT2D eigenvalue weighted by Gasteiger charge is -2.16. The molecule has 0 aliphatic heterocycles. The largest absolute Gasteiger partial charge is 0.396 e. The molecule has 0 saturated carbocycles. The second-order valence-corrected chi connectivity index (χ2v) is 4.10. The summed E-state index contributed by atoms with van der Waals surface area (Å²) in [4.78, 5) is 0. The van der Waals surface area contributed by atoms with E-state index in [0.717, 1.165) is 13.0 Å². The molecule has 3 heteroatoms. The van der Waals surface area contributed by atoms with Gasteiger partial charge in [-0.05, 0) is 30.7 Å². The van der Waals surface area contributed by atoms with Crippen molar-refractivity contribution in [3.05, 3.63) is 18.0 Å². The Morgan fingerprint density at radius 2 is 2.21 bits per heavy atom. The van der Waals surface area contributed by atoms with Gasteiger partial charge in [0.15, 0.2) is 0 Å². The van der Waals surface area contributed by atoms with Crippen LogP contribution in [0.5, 0.6) is 0 Å². The SMILES string of the molecule is CCn1cc(CC(CO)C(C)C)cn1. The van der Waals surface area contributed by atoms with Crippen LogP contribution in [0.1, 0.15) is 26.3 Å². The van der Waals surface area contributed by atoms with Crippen molar-refractivity contribution >= 4 is 0 Å². The van der Waals surface area contributed by atoms with Gasteiger partial charge in [0.2, 0.25) is 0 Å². The third-order valence-corrected chi connectivity index (χ3v) is 2.69. The predicted octanol–water partition coefficient (Wildman–Crippen LogP) is 1.71. The Balaban J connectivity index is 2.57. The molecule has 0 amide bonds. The van der Waals surface area contributed by atoms with Gasteiger partial charge in [0, 0.05) is 19.3 Å². The molecule has 0 aliphatic rings. The molecule has 0 fully saturated rings. The molecule has 1 aromatic heterocycles. The number of rotatable bonds is 5. The second-order valence-electron chi connectivity index (χ2n) is 4.10. The minimum atomic E-state index is 0.259. The Bertz CT molecular complexity index is 268. The van der Waals surface area contributed by atoms with Gasteiger partial charge >= 0.3 is 0 Å². The quantitative estimate of drug-likeness (QED) is 0.778. The van der Waals surface area contributed by atoms with E-state index in [1.165, 1.54) is 5.56 Å². The zero-order valence-electron chi connectivity index (χ0n) is 9.27. The number of nitrogens with zero attached hydrogens (tertiary/aromatic N) is 2. The van der Waals surface area contributed by atoms with E-state index in [9.17, 15) is 5.11 Å². The minimum Gasteiger partial charge on any atom is -0.396 e. The van der Waals surface area contributed by atoms with E-state index >= 15 is 0 Å². The maximum absolute atomic E-state index is 9.19. The standard InChI is InChI=1S/C11H20N2O/c1-4-13-7-10(6-12-13)5-11(8-14)9(2)3/h6-7,9,11,14H,4-5,8H2,1-3H3. The van der Waals surface area contributed by atoms with E-state index in [2.05, 4.69) is 32.1 Å². The Kier molecular flexibility index (Phi) is 4.14. The topological polar surface area (TPSA) is 38.0 Å².